The zero-order chi connectivity index (χ0) is 33.9. The number of benzene rings is 8. The highest BCUT2D eigenvalue weighted by molar-refractivity contribution is 6.29. The fourth-order valence-electron chi connectivity index (χ4n) is 8.54. The molecule has 4 heterocycles. The predicted molar refractivity (Wildman–Crippen MR) is 213 cm³/mol. The van der Waals surface area contributed by atoms with E-state index in [9.17, 15) is 0 Å². The third kappa shape index (κ3) is 3.69. The van der Waals surface area contributed by atoms with Crippen molar-refractivity contribution in [2.75, 3.05) is 0 Å². The Kier molecular flexibility index (Phi) is 5.44. The maximum atomic E-state index is 6.69. The monoisotopic (exact) mass is 665 g/mol. The molecule has 12 aromatic rings. The summed E-state index contributed by atoms with van der Waals surface area (Å²) in [5.74, 6) is 0.570. The number of hydrogen-bond acceptors (Lipinski definition) is 3. The average molecular weight is 666 g/mol. The summed E-state index contributed by atoms with van der Waals surface area (Å²) in [7, 11) is 0. The first kappa shape index (κ1) is 27.7. The molecule has 242 valence electrons. The summed E-state index contributed by atoms with van der Waals surface area (Å²) in [4.78, 5) is 5.05. The van der Waals surface area contributed by atoms with Gasteiger partial charge < -0.3 is 18.0 Å². The van der Waals surface area contributed by atoms with E-state index in [0.717, 1.165) is 71.8 Å². The number of rotatable bonds is 3. The molecule has 0 fully saturated rings. The predicted octanol–water partition coefficient (Wildman–Crippen LogP) is 12.7. The summed E-state index contributed by atoms with van der Waals surface area (Å²) in [5.41, 5.74) is 10.8. The first-order valence-electron chi connectivity index (χ1n) is 17.6. The molecule has 0 aliphatic heterocycles. The van der Waals surface area contributed by atoms with Crippen molar-refractivity contribution in [2.24, 2.45) is 0 Å². The van der Waals surface area contributed by atoms with Crippen molar-refractivity contribution in [3.8, 4) is 22.8 Å². The van der Waals surface area contributed by atoms with E-state index in [1.54, 1.807) is 0 Å². The molecule has 4 aromatic heterocycles. The number of furan rings is 1. The second-order valence-corrected chi connectivity index (χ2v) is 13.5. The summed E-state index contributed by atoms with van der Waals surface area (Å²) in [5, 5.41) is 9.20. The molecule has 5 heteroatoms. The molecule has 5 nitrogen and oxygen atoms in total. The molecule has 12 rings (SSSR count). The van der Waals surface area contributed by atoms with E-state index < -0.39 is 0 Å². The third-order valence-corrected chi connectivity index (χ3v) is 10.7. The quantitative estimate of drug-likeness (QED) is 0.189. The van der Waals surface area contributed by atoms with Gasteiger partial charge in [-0.05, 0) is 83.6 Å². The summed E-state index contributed by atoms with van der Waals surface area (Å²) in [6, 6.07) is 57.7. The minimum absolute atomic E-state index is 0.570. The molecule has 52 heavy (non-hydrogen) atoms. The van der Waals surface area contributed by atoms with Crippen LogP contribution in [0.4, 0.5) is 0 Å². The van der Waals surface area contributed by atoms with E-state index in [2.05, 4.69) is 149 Å². The van der Waals surface area contributed by atoms with Crippen LogP contribution in [-0.2, 0) is 0 Å². The molecule has 0 aliphatic carbocycles. The molecule has 0 amide bonds. The number of para-hydroxylation sites is 5. The highest BCUT2D eigenvalue weighted by atomic mass is 16.3. The third-order valence-electron chi connectivity index (χ3n) is 10.7. The zero-order valence-electron chi connectivity index (χ0n) is 27.7. The molecule has 0 N–H and O–H groups in total. The molecule has 0 aliphatic rings. The second-order valence-electron chi connectivity index (χ2n) is 13.5. The number of hydrogen-bond donors (Lipinski definition) is 0. The standard InChI is InChI=1S/C47H27N3O2/c1-2-14-30(15-3-1)49-36-19-9-6-16-31(36)43-38(49)23-24-39-44(43)32-17-7-10-20-37(32)50(39)46-33(47-48-35-18-8-11-21-40(35)52-47)22-25-41-45(46)34-26-28-12-4-5-13-29(28)27-42(34)51-41/h1-27H. The van der Waals surface area contributed by atoms with E-state index >= 15 is 0 Å². The lowest BCUT2D eigenvalue weighted by molar-refractivity contribution is 0.619. The Morgan fingerprint density at radius 2 is 1.04 bits per heavy atom. The summed E-state index contributed by atoms with van der Waals surface area (Å²) < 4.78 is 18.0. The Bertz CT molecular complexity index is 3380. The molecule has 0 unspecified atom stereocenters. The lowest BCUT2D eigenvalue weighted by Gasteiger charge is -2.14. The number of oxazole rings is 1. The highest BCUT2D eigenvalue weighted by Gasteiger charge is 2.26. The van der Waals surface area contributed by atoms with Gasteiger partial charge in [0.2, 0.25) is 5.89 Å². The van der Waals surface area contributed by atoms with Gasteiger partial charge in [-0.25, -0.2) is 4.98 Å². The molecule has 0 bridgehead atoms. The van der Waals surface area contributed by atoms with Crippen molar-refractivity contribution < 1.29 is 8.83 Å². The highest BCUT2D eigenvalue weighted by Crippen LogP contribution is 2.47. The van der Waals surface area contributed by atoms with Gasteiger partial charge in [0, 0.05) is 32.6 Å². The maximum absolute atomic E-state index is 6.69. The Labute approximate surface area is 296 Å². The fraction of sp³-hybridized carbons (Fsp3) is 0. The number of nitrogens with zero attached hydrogens (tertiary/aromatic N) is 3. The van der Waals surface area contributed by atoms with Gasteiger partial charge in [0.1, 0.15) is 16.7 Å². The smallest absolute Gasteiger partial charge is 0.229 e. The molecule has 0 spiro atoms. The van der Waals surface area contributed by atoms with Crippen molar-refractivity contribution in [1.29, 1.82) is 0 Å². The Balaban J connectivity index is 1.29. The van der Waals surface area contributed by atoms with Crippen LogP contribution >= 0.6 is 0 Å². The fourth-order valence-corrected chi connectivity index (χ4v) is 8.54. The van der Waals surface area contributed by atoms with Gasteiger partial charge >= 0.3 is 0 Å². The molecule has 0 saturated heterocycles. The van der Waals surface area contributed by atoms with Crippen LogP contribution in [-0.4, -0.2) is 14.1 Å². The molecular weight excluding hydrogens is 639 g/mol. The van der Waals surface area contributed by atoms with Gasteiger partial charge in [-0.2, -0.15) is 0 Å². The molecule has 0 radical (unpaired) electrons. The first-order valence-corrected chi connectivity index (χ1v) is 17.6. The normalized spacial score (nSPS) is 12.2. The Morgan fingerprint density at radius 3 is 1.81 bits per heavy atom. The van der Waals surface area contributed by atoms with E-state index in [-0.39, 0.29) is 0 Å². The topological polar surface area (TPSA) is 49.0 Å². The van der Waals surface area contributed by atoms with E-state index in [1.807, 2.05) is 24.3 Å². The van der Waals surface area contributed by atoms with Gasteiger partial charge in [-0.3, -0.25) is 0 Å². The van der Waals surface area contributed by atoms with Crippen LogP contribution in [0.1, 0.15) is 0 Å². The number of fused-ring (bicyclic) bond motifs is 12. The van der Waals surface area contributed by atoms with E-state index in [4.69, 9.17) is 13.8 Å². The van der Waals surface area contributed by atoms with Crippen molar-refractivity contribution in [2.45, 2.75) is 0 Å². The van der Waals surface area contributed by atoms with Crippen LogP contribution in [0.2, 0.25) is 0 Å². The SMILES string of the molecule is c1ccc(-n2c3ccccc3c3c4c5ccccc5n(-c5c(-c6nc7ccccc7o6)ccc6oc7cc8ccccc8cc7c56)c4ccc32)cc1. The Morgan fingerprint density at radius 1 is 0.404 bits per heavy atom. The molecular formula is C47H27N3O2. The van der Waals surface area contributed by atoms with Gasteiger partial charge in [-0.1, -0.05) is 91.0 Å². The van der Waals surface area contributed by atoms with Crippen LogP contribution in [0.5, 0.6) is 0 Å². The van der Waals surface area contributed by atoms with Crippen molar-refractivity contribution in [1.82, 2.24) is 14.1 Å². The average Bonchev–Trinajstić information content (AvgIpc) is 3.96. The zero-order valence-corrected chi connectivity index (χ0v) is 27.7. The summed E-state index contributed by atoms with van der Waals surface area (Å²) >= 11 is 0. The second kappa shape index (κ2) is 10.2. The first-order chi connectivity index (χ1) is 25.8. The van der Waals surface area contributed by atoms with Gasteiger partial charge in [0.25, 0.3) is 0 Å². The Hall–Kier alpha value is -7.11. The van der Waals surface area contributed by atoms with Gasteiger partial charge in [0.05, 0.1) is 38.7 Å². The van der Waals surface area contributed by atoms with Crippen molar-refractivity contribution >= 4 is 87.4 Å². The summed E-state index contributed by atoms with van der Waals surface area (Å²) in [6.45, 7) is 0. The molecule has 8 aromatic carbocycles. The maximum Gasteiger partial charge on any atom is 0.229 e. The van der Waals surface area contributed by atoms with Crippen molar-refractivity contribution in [3.05, 3.63) is 164 Å². The van der Waals surface area contributed by atoms with Gasteiger partial charge in [-0.15, -0.1) is 0 Å². The van der Waals surface area contributed by atoms with Gasteiger partial charge in [0.15, 0.2) is 5.58 Å². The van der Waals surface area contributed by atoms with E-state index in [1.165, 1.54) is 32.6 Å². The van der Waals surface area contributed by atoms with Crippen LogP contribution < -0.4 is 0 Å². The lowest BCUT2D eigenvalue weighted by atomic mass is 10.0. The van der Waals surface area contributed by atoms with E-state index in [0.29, 0.717) is 5.89 Å². The van der Waals surface area contributed by atoms with Crippen LogP contribution in [0.3, 0.4) is 0 Å². The molecule has 0 atom stereocenters. The van der Waals surface area contributed by atoms with Crippen LogP contribution in [0.25, 0.3) is 110 Å². The largest absolute Gasteiger partial charge is 0.456 e. The number of aromatic nitrogens is 3. The minimum Gasteiger partial charge on any atom is -0.456 e. The van der Waals surface area contributed by atoms with Crippen LogP contribution in [0.15, 0.2) is 173 Å². The molecule has 0 saturated carbocycles. The van der Waals surface area contributed by atoms with Crippen LogP contribution in [0, 0.1) is 0 Å². The van der Waals surface area contributed by atoms with Crippen molar-refractivity contribution in [3.63, 3.8) is 0 Å². The lowest BCUT2D eigenvalue weighted by Crippen LogP contribution is -1.99. The summed E-state index contributed by atoms with van der Waals surface area (Å²) in [6.07, 6.45) is 0. The minimum atomic E-state index is 0.570.